The number of aromatic nitrogens is 2. The Balaban J connectivity index is 0.00000144. The van der Waals surface area contributed by atoms with Crippen molar-refractivity contribution in [1.82, 2.24) is 10.1 Å². The van der Waals surface area contributed by atoms with Crippen LogP contribution in [-0.2, 0) is 6.42 Å². The molecule has 0 N–H and O–H groups in total. The molecule has 1 aromatic heterocycles. The van der Waals surface area contributed by atoms with E-state index in [0.29, 0.717) is 11.7 Å². The highest BCUT2D eigenvalue weighted by molar-refractivity contribution is 5.53. The summed E-state index contributed by atoms with van der Waals surface area (Å²) in [6.45, 7) is 3.97. The summed E-state index contributed by atoms with van der Waals surface area (Å²) >= 11 is 0. The maximum atomic E-state index is 5.49. The summed E-state index contributed by atoms with van der Waals surface area (Å²) in [6.07, 6.45) is 3.67. The number of hydrogen-bond acceptors (Lipinski definition) is 3. The summed E-state index contributed by atoms with van der Waals surface area (Å²) in [5, 5.41) is 4.14. The lowest BCUT2D eigenvalue weighted by Crippen LogP contribution is -3.00. The quantitative estimate of drug-likeness (QED) is 0.518. The molecule has 3 saturated heterocycles. The number of halogens is 1. The van der Waals surface area contributed by atoms with Crippen LogP contribution in [0, 0.1) is 11.8 Å². The lowest BCUT2D eigenvalue weighted by molar-refractivity contribution is -0.929. The molecule has 4 heterocycles. The lowest BCUT2D eigenvalue weighted by atomic mass is 9.76. The molecule has 0 radical (unpaired) electrons. The van der Waals surface area contributed by atoms with Gasteiger partial charge in [0, 0.05) is 30.7 Å². The summed E-state index contributed by atoms with van der Waals surface area (Å²) in [4.78, 5) is 4.60. The molecule has 1 atom stereocenters. The standard InChI is InChI=1S/C17H22N3O.HI/c1-20-9-7-13(8-10-20)15(12-20)11-16-18-17(19-21-16)14-5-3-2-4-6-14;/h2-6,13,15H,7-12H2,1H3;1H/q+1;/p-1. The summed E-state index contributed by atoms with van der Waals surface area (Å²) < 4.78 is 6.73. The number of rotatable bonds is 3. The van der Waals surface area contributed by atoms with Crippen LogP contribution in [0.15, 0.2) is 34.9 Å². The minimum absolute atomic E-state index is 0. The summed E-state index contributed by atoms with van der Waals surface area (Å²) in [5.41, 5.74) is 1.03. The predicted octanol–water partition coefficient (Wildman–Crippen LogP) is -0.230. The average Bonchev–Trinajstić information content (AvgIpc) is 2.97. The molecule has 3 fully saturated rings. The second kappa shape index (κ2) is 6.28. The molecular weight excluding hydrogens is 389 g/mol. The molecule has 22 heavy (non-hydrogen) atoms. The van der Waals surface area contributed by atoms with E-state index in [4.69, 9.17) is 4.52 Å². The smallest absolute Gasteiger partial charge is 0.227 e. The van der Waals surface area contributed by atoms with Gasteiger partial charge in [0.15, 0.2) is 0 Å². The van der Waals surface area contributed by atoms with E-state index >= 15 is 0 Å². The van der Waals surface area contributed by atoms with E-state index in [-0.39, 0.29) is 24.0 Å². The van der Waals surface area contributed by atoms with Gasteiger partial charge >= 0.3 is 0 Å². The van der Waals surface area contributed by atoms with Gasteiger partial charge in [-0.05, 0) is 5.92 Å². The summed E-state index contributed by atoms with van der Waals surface area (Å²) in [6, 6.07) is 10.1. The van der Waals surface area contributed by atoms with Crippen molar-refractivity contribution in [3.8, 4) is 11.4 Å². The molecule has 0 aliphatic carbocycles. The van der Waals surface area contributed by atoms with Crippen molar-refractivity contribution in [2.45, 2.75) is 19.3 Å². The first kappa shape index (κ1) is 15.9. The van der Waals surface area contributed by atoms with Gasteiger partial charge < -0.3 is 33.0 Å². The van der Waals surface area contributed by atoms with Gasteiger partial charge in [0.25, 0.3) is 0 Å². The van der Waals surface area contributed by atoms with Crippen LogP contribution < -0.4 is 24.0 Å². The van der Waals surface area contributed by atoms with E-state index in [1.54, 1.807) is 0 Å². The van der Waals surface area contributed by atoms with Crippen molar-refractivity contribution in [2.24, 2.45) is 11.8 Å². The largest absolute Gasteiger partial charge is 1.00 e. The predicted molar refractivity (Wildman–Crippen MR) is 80.4 cm³/mol. The van der Waals surface area contributed by atoms with Crippen molar-refractivity contribution in [2.75, 3.05) is 26.7 Å². The Hall–Kier alpha value is -0.950. The second-order valence-electron chi connectivity index (χ2n) is 6.93. The first-order valence-corrected chi connectivity index (χ1v) is 7.93. The molecule has 1 unspecified atom stereocenters. The molecule has 3 aliphatic rings. The van der Waals surface area contributed by atoms with Crippen LogP contribution in [0.3, 0.4) is 0 Å². The second-order valence-corrected chi connectivity index (χ2v) is 6.93. The molecule has 2 bridgehead atoms. The number of quaternary nitrogens is 1. The topological polar surface area (TPSA) is 38.9 Å². The molecule has 0 spiro atoms. The normalized spacial score (nSPS) is 30.0. The van der Waals surface area contributed by atoms with Crippen LogP contribution in [0.1, 0.15) is 18.7 Å². The Bertz CT molecular complexity index is 620. The zero-order valence-corrected chi connectivity index (χ0v) is 15.1. The Kier molecular flexibility index (Phi) is 4.54. The molecule has 3 aliphatic heterocycles. The number of hydrogen-bond donors (Lipinski definition) is 0. The maximum Gasteiger partial charge on any atom is 0.227 e. The minimum Gasteiger partial charge on any atom is -1.00 e. The Labute approximate surface area is 148 Å². The fraction of sp³-hybridized carbons (Fsp3) is 0.529. The molecule has 1 aromatic carbocycles. The van der Waals surface area contributed by atoms with Gasteiger partial charge in [-0.1, -0.05) is 35.5 Å². The van der Waals surface area contributed by atoms with Crippen LogP contribution in [0.25, 0.3) is 11.4 Å². The molecule has 5 heteroatoms. The van der Waals surface area contributed by atoms with Gasteiger partial charge in [-0.15, -0.1) is 0 Å². The third kappa shape index (κ3) is 3.06. The summed E-state index contributed by atoms with van der Waals surface area (Å²) in [5.74, 6) is 3.09. The van der Waals surface area contributed by atoms with E-state index in [1.807, 2.05) is 30.3 Å². The highest BCUT2D eigenvalue weighted by atomic mass is 127. The zero-order valence-electron chi connectivity index (χ0n) is 12.9. The van der Waals surface area contributed by atoms with Gasteiger partial charge in [0.05, 0.1) is 26.7 Å². The van der Waals surface area contributed by atoms with Crippen LogP contribution in [0.5, 0.6) is 0 Å². The van der Waals surface area contributed by atoms with Crippen molar-refractivity contribution >= 4 is 0 Å². The van der Waals surface area contributed by atoms with Gasteiger partial charge in [-0.2, -0.15) is 4.98 Å². The SMILES string of the molecule is C[N+]12CCC(CC1)C(Cc1nc(-c3ccccc3)no1)C2.[I-]. The Morgan fingerprint density at radius 1 is 1.18 bits per heavy atom. The first-order valence-electron chi connectivity index (χ1n) is 7.93. The molecule has 0 amide bonds. The highest BCUT2D eigenvalue weighted by Crippen LogP contribution is 2.38. The van der Waals surface area contributed by atoms with Crippen molar-refractivity contribution in [1.29, 1.82) is 0 Å². The van der Waals surface area contributed by atoms with E-state index in [9.17, 15) is 0 Å². The molecule has 4 nitrogen and oxygen atoms in total. The molecule has 0 saturated carbocycles. The number of fused-ring (bicyclic) bond motifs is 3. The third-order valence-electron chi connectivity index (χ3n) is 5.36. The van der Waals surface area contributed by atoms with E-state index in [2.05, 4.69) is 17.2 Å². The molecular formula is C17H22IN3O. The minimum atomic E-state index is 0. The number of nitrogens with zero attached hydrogens (tertiary/aromatic N) is 3. The van der Waals surface area contributed by atoms with Crippen molar-refractivity contribution < 1.29 is 33.0 Å². The van der Waals surface area contributed by atoms with Gasteiger partial charge in [-0.25, -0.2) is 0 Å². The molecule has 118 valence electrons. The zero-order chi connectivity index (χ0) is 14.3. The summed E-state index contributed by atoms with van der Waals surface area (Å²) in [7, 11) is 2.39. The Morgan fingerprint density at radius 2 is 1.91 bits per heavy atom. The van der Waals surface area contributed by atoms with E-state index < -0.39 is 0 Å². The third-order valence-corrected chi connectivity index (χ3v) is 5.36. The van der Waals surface area contributed by atoms with E-state index in [1.165, 1.54) is 37.0 Å². The molecule has 5 rings (SSSR count). The highest BCUT2D eigenvalue weighted by Gasteiger charge is 2.43. The lowest BCUT2D eigenvalue weighted by Gasteiger charge is -2.50. The van der Waals surface area contributed by atoms with Gasteiger partial charge in [0.1, 0.15) is 0 Å². The fourth-order valence-electron chi connectivity index (χ4n) is 4.08. The number of piperidine rings is 3. The van der Waals surface area contributed by atoms with Crippen LogP contribution in [0.2, 0.25) is 0 Å². The van der Waals surface area contributed by atoms with Crippen LogP contribution in [0.4, 0.5) is 0 Å². The van der Waals surface area contributed by atoms with Gasteiger partial charge in [0.2, 0.25) is 11.7 Å². The maximum absolute atomic E-state index is 5.49. The van der Waals surface area contributed by atoms with Crippen molar-refractivity contribution in [3.05, 3.63) is 36.2 Å². The van der Waals surface area contributed by atoms with Crippen molar-refractivity contribution in [3.63, 3.8) is 0 Å². The number of benzene rings is 1. The Morgan fingerprint density at radius 3 is 2.59 bits per heavy atom. The van der Waals surface area contributed by atoms with Crippen LogP contribution >= 0.6 is 0 Å². The fourth-order valence-corrected chi connectivity index (χ4v) is 4.08. The monoisotopic (exact) mass is 411 g/mol. The van der Waals surface area contributed by atoms with Gasteiger partial charge in [-0.3, -0.25) is 0 Å². The molecule has 2 aromatic rings. The van der Waals surface area contributed by atoms with E-state index in [0.717, 1.165) is 23.8 Å². The average molecular weight is 411 g/mol. The first-order chi connectivity index (χ1) is 10.2. The van der Waals surface area contributed by atoms with Crippen LogP contribution in [-0.4, -0.2) is 41.3 Å².